The fraction of sp³-hybridized carbons (Fsp3) is 0.200. The number of carboxylic acid groups (broad SMARTS) is 2. The van der Waals surface area contributed by atoms with Gasteiger partial charge in [0, 0.05) is 0 Å². The van der Waals surface area contributed by atoms with Crippen LogP contribution in [0.15, 0.2) is 18.2 Å². The van der Waals surface area contributed by atoms with Crippen molar-refractivity contribution in [3.05, 3.63) is 29.3 Å². The van der Waals surface area contributed by atoms with Crippen molar-refractivity contribution in [1.29, 1.82) is 0 Å². The predicted octanol–water partition coefficient (Wildman–Crippen LogP) is 0.349. The summed E-state index contributed by atoms with van der Waals surface area (Å²) in [6.45, 7) is 1.24. The van der Waals surface area contributed by atoms with Crippen LogP contribution in [0.5, 0.6) is 5.75 Å². The smallest absolute Gasteiger partial charge is 0.339 e. The van der Waals surface area contributed by atoms with Gasteiger partial charge in [-0.25, -0.2) is 9.59 Å². The molecule has 1 aromatic rings. The summed E-state index contributed by atoms with van der Waals surface area (Å²) in [5, 5.41) is 26.8. The molecule has 0 heterocycles. The number of rotatable bonds is 3. The van der Waals surface area contributed by atoms with Crippen LogP contribution in [0.25, 0.3) is 0 Å². The van der Waals surface area contributed by atoms with Gasteiger partial charge in [0.1, 0.15) is 16.9 Å². The molecule has 6 heteroatoms. The number of aliphatic carboxylic acids is 1. The molecule has 0 saturated heterocycles. The molecule has 1 atom stereocenters. The minimum atomic E-state index is -1.70. The lowest BCUT2D eigenvalue weighted by Crippen LogP contribution is -2.41. The Labute approximate surface area is 90.9 Å². The number of aromatic hydroxyl groups is 1. The molecule has 0 saturated carbocycles. The van der Waals surface area contributed by atoms with Crippen molar-refractivity contribution in [3.8, 4) is 5.75 Å². The third-order valence-corrected chi connectivity index (χ3v) is 2.27. The van der Waals surface area contributed by atoms with Crippen LogP contribution in [-0.4, -0.2) is 27.3 Å². The highest BCUT2D eigenvalue weighted by Crippen LogP contribution is 2.24. The summed E-state index contributed by atoms with van der Waals surface area (Å²) in [6.07, 6.45) is 0. The van der Waals surface area contributed by atoms with Crippen molar-refractivity contribution < 1.29 is 24.9 Å². The van der Waals surface area contributed by atoms with Gasteiger partial charge in [-0.15, -0.1) is 0 Å². The van der Waals surface area contributed by atoms with Crippen LogP contribution < -0.4 is 5.73 Å². The van der Waals surface area contributed by atoms with Crippen molar-refractivity contribution in [1.82, 2.24) is 0 Å². The minimum Gasteiger partial charge on any atom is -0.507 e. The van der Waals surface area contributed by atoms with Gasteiger partial charge in [-0.05, 0) is 24.6 Å². The highest BCUT2D eigenvalue weighted by atomic mass is 16.4. The fourth-order valence-electron chi connectivity index (χ4n) is 1.15. The highest BCUT2D eigenvalue weighted by molar-refractivity contribution is 5.91. The van der Waals surface area contributed by atoms with E-state index < -0.39 is 23.2 Å². The molecule has 0 fully saturated rings. The van der Waals surface area contributed by atoms with Crippen molar-refractivity contribution in [2.24, 2.45) is 5.73 Å². The van der Waals surface area contributed by atoms with Gasteiger partial charge in [-0.2, -0.15) is 0 Å². The monoisotopic (exact) mass is 225 g/mol. The first-order valence-corrected chi connectivity index (χ1v) is 4.36. The zero-order valence-corrected chi connectivity index (χ0v) is 8.47. The number of aromatic carboxylic acids is 1. The molecule has 0 unspecified atom stereocenters. The second-order valence-corrected chi connectivity index (χ2v) is 3.54. The molecule has 16 heavy (non-hydrogen) atoms. The number of hydrogen-bond donors (Lipinski definition) is 4. The molecule has 0 aliphatic rings. The van der Waals surface area contributed by atoms with Crippen molar-refractivity contribution in [2.75, 3.05) is 0 Å². The van der Waals surface area contributed by atoms with Gasteiger partial charge in [-0.3, -0.25) is 0 Å². The van der Waals surface area contributed by atoms with E-state index in [2.05, 4.69) is 0 Å². The van der Waals surface area contributed by atoms with Crippen molar-refractivity contribution in [3.63, 3.8) is 0 Å². The standard InChI is InChI=1S/C10H11NO5/c1-10(11,9(15)16)5-2-3-7(12)6(4-5)8(13)14/h2-4,12H,11H2,1H3,(H,13,14)(H,15,16)/t10-/m0/s1. The Bertz CT molecular complexity index is 453. The second-order valence-electron chi connectivity index (χ2n) is 3.54. The van der Waals surface area contributed by atoms with Gasteiger partial charge >= 0.3 is 11.9 Å². The van der Waals surface area contributed by atoms with Crippen LogP contribution in [0.2, 0.25) is 0 Å². The second kappa shape index (κ2) is 3.82. The Morgan fingerprint density at radius 3 is 2.31 bits per heavy atom. The van der Waals surface area contributed by atoms with E-state index in [1.165, 1.54) is 13.0 Å². The van der Waals surface area contributed by atoms with E-state index in [4.69, 9.17) is 15.9 Å². The normalized spacial score (nSPS) is 14.1. The molecule has 0 bridgehead atoms. The first-order valence-electron chi connectivity index (χ1n) is 4.36. The van der Waals surface area contributed by atoms with Crippen molar-refractivity contribution in [2.45, 2.75) is 12.5 Å². The third kappa shape index (κ3) is 1.96. The maximum Gasteiger partial charge on any atom is 0.339 e. The first kappa shape index (κ1) is 12.0. The lowest BCUT2D eigenvalue weighted by molar-refractivity contribution is -0.143. The minimum absolute atomic E-state index is 0.107. The summed E-state index contributed by atoms with van der Waals surface area (Å²) in [6, 6.07) is 3.43. The number of carboxylic acids is 2. The molecule has 0 amide bonds. The van der Waals surface area contributed by atoms with Gasteiger partial charge in [0.15, 0.2) is 0 Å². The Hall–Kier alpha value is -2.08. The van der Waals surface area contributed by atoms with Crippen LogP contribution in [0.4, 0.5) is 0 Å². The summed E-state index contributed by atoms with van der Waals surface area (Å²) >= 11 is 0. The largest absolute Gasteiger partial charge is 0.507 e. The first-order chi connectivity index (χ1) is 7.26. The molecular formula is C10H11NO5. The Morgan fingerprint density at radius 1 is 1.31 bits per heavy atom. The average Bonchev–Trinajstić information content (AvgIpc) is 2.17. The summed E-state index contributed by atoms with van der Waals surface area (Å²) in [5.74, 6) is -3.06. The van der Waals surface area contributed by atoms with Crippen LogP contribution in [0, 0.1) is 0 Å². The lowest BCUT2D eigenvalue weighted by atomic mass is 9.92. The van der Waals surface area contributed by atoms with E-state index in [-0.39, 0.29) is 11.1 Å². The average molecular weight is 225 g/mol. The van der Waals surface area contributed by atoms with E-state index in [0.717, 1.165) is 12.1 Å². The molecule has 0 radical (unpaired) electrons. The summed E-state index contributed by atoms with van der Waals surface area (Å²) in [7, 11) is 0. The van der Waals surface area contributed by atoms with Gasteiger partial charge in [0.05, 0.1) is 0 Å². The molecule has 6 nitrogen and oxygen atoms in total. The van der Waals surface area contributed by atoms with Crippen LogP contribution in [0.1, 0.15) is 22.8 Å². The van der Waals surface area contributed by atoms with Gasteiger partial charge < -0.3 is 21.1 Å². The number of carbonyl (C=O) groups is 2. The van der Waals surface area contributed by atoms with Crippen LogP contribution in [0.3, 0.4) is 0 Å². The summed E-state index contributed by atoms with van der Waals surface area (Å²) in [5.41, 5.74) is 3.56. The number of phenols is 1. The number of hydrogen-bond acceptors (Lipinski definition) is 4. The molecule has 0 spiro atoms. The topological polar surface area (TPSA) is 121 Å². The molecule has 86 valence electrons. The molecule has 1 rings (SSSR count). The van der Waals surface area contributed by atoms with E-state index in [1.54, 1.807) is 0 Å². The maximum atomic E-state index is 10.9. The van der Waals surface area contributed by atoms with Crippen molar-refractivity contribution >= 4 is 11.9 Å². The molecule has 5 N–H and O–H groups in total. The molecule has 0 aromatic heterocycles. The van der Waals surface area contributed by atoms with Crippen LogP contribution >= 0.6 is 0 Å². The third-order valence-electron chi connectivity index (χ3n) is 2.27. The maximum absolute atomic E-state index is 10.9. The highest BCUT2D eigenvalue weighted by Gasteiger charge is 2.31. The molecule has 0 aliphatic carbocycles. The molecule has 1 aromatic carbocycles. The van der Waals surface area contributed by atoms with Gasteiger partial charge in [-0.1, -0.05) is 6.07 Å². The van der Waals surface area contributed by atoms with E-state index in [9.17, 15) is 14.7 Å². The summed E-state index contributed by atoms with van der Waals surface area (Å²) in [4.78, 5) is 21.6. The SMILES string of the molecule is C[C@@](N)(C(=O)O)c1ccc(O)c(C(=O)O)c1. The van der Waals surface area contributed by atoms with E-state index in [1.807, 2.05) is 0 Å². The Balaban J connectivity index is 3.33. The fourth-order valence-corrected chi connectivity index (χ4v) is 1.15. The molecular weight excluding hydrogens is 214 g/mol. The Morgan fingerprint density at radius 2 is 1.88 bits per heavy atom. The summed E-state index contributed by atoms with van der Waals surface area (Å²) < 4.78 is 0. The Kier molecular flexibility index (Phi) is 2.86. The predicted molar refractivity (Wildman–Crippen MR) is 54.2 cm³/mol. The van der Waals surface area contributed by atoms with Gasteiger partial charge in [0.25, 0.3) is 0 Å². The van der Waals surface area contributed by atoms with E-state index >= 15 is 0 Å². The van der Waals surface area contributed by atoms with Gasteiger partial charge in [0.2, 0.25) is 0 Å². The quantitative estimate of drug-likeness (QED) is 0.589. The van der Waals surface area contributed by atoms with E-state index in [0.29, 0.717) is 0 Å². The zero-order chi connectivity index (χ0) is 12.5. The number of nitrogens with two attached hydrogens (primary N) is 1. The number of benzene rings is 1. The lowest BCUT2D eigenvalue weighted by Gasteiger charge is -2.20. The molecule has 0 aliphatic heterocycles. The zero-order valence-electron chi connectivity index (χ0n) is 8.47. The van der Waals surface area contributed by atoms with Crippen LogP contribution in [-0.2, 0) is 10.3 Å².